The Bertz CT molecular complexity index is 1150. The maximum Gasteiger partial charge on any atom is 0.339 e. The van der Waals surface area contributed by atoms with Gasteiger partial charge in [0.25, 0.3) is 5.56 Å². The summed E-state index contributed by atoms with van der Waals surface area (Å²) in [6, 6.07) is 15.5. The Labute approximate surface area is 165 Å². The standard InChI is InChI=1S/C19H17N5O3S/c1-12-6-5-9-14(10-12)24-17(26)15(16(25)22-19(24)28)11-20-23-18(27)21-13-7-3-2-4-8-13/h2-11,26H,1H3,(H2,21,23,27)(H,22,25,28). The molecule has 0 atom stereocenters. The molecule has 3 aromatic rings. The van der Waals surface area contributed by atoms with Crippen LogP contribution in [-0.4, -0.2) is 26.9 Å². The minimum atomic E-state index is -0.625. The third-order valence-corrected chi connectivity index (χ3v) is 4.06. The summed E-state index contributed by atoms with van der Waals surface area (Å²) < 4.78 is 1.36. The number of aromatic hydroxyl groups is 1. The van der Waals surface area contributed by atoms with E-state index in [0.29, 0.717) is 11.4 Å². The average Bonchev–Trinajstić information content (AvgIpc) is 2.65. The number of aryl methyl sites for hydroxylation is 1. The van der Waals surface area contributed by atoms with E-state index in [2.05, 4.69) is 20.8 Å². The molecule has 2 amide bonds. The summed E-state index contributed by atoms with van der Waals surface area (Å²) in [6.45, 7) is 1.90. The molecule has 2 aromatic carbocycles. The molecule has 0 aliphatic heterocycles. The van der Waals surface area contributed by atoms with Crippen molar-refractivity contribution in [1.82, 2.24) is 15.0 Å². The summed E-state index contributed by atoms with van der Waals surface area (Å²) in [7, 11) is 0. The lowest BCUT2D eigenvalue weighted by molar-refractivity contribution is 0.252. The van der Waals surface area contributed by atoms with E-state index in [-0.39, 0.29) is 16.2 Å². The van der Waals surface area contributed by atoms with Gasteiger partial charge in [-0.2, -0.15) is 5.10 Å². The fourth-order valence-electron chi connectivity index (χ4n) is 2.50. The first-order valence-corrected chi connectivity index (χ1v) is 8.67. The summed E-state index contributed by atoms with van der Waals surface area (Å²) in [4.78, 5) is 26.5. The van der Waals surface area contributed by atoms with Gasteiger partial charge in [-0.3, -0.25) is 14.3 Å². The van der Waals surface area contributed by atoms with E-state index in [9.17, 15) is 14.7 Å². The smallest absolute Gasteiger partial charge is 0.339 e. The molecule has 3 rings (SSSR count). The predicted molar refractivity (Wildman–Crippen MR) is 110 cm³/mol. The maximum absolute atomic E-state index is 12.2. The molecule has 1 aromatic heterocycles. The molecule has 9 heteroatoms. The van der Waals surface area contributed by atoms with Gasteiger partial charge in [0, 0.05) is 5.69 Å². The lowest BCUT2D eigenvalue weighted by atomic mass is 10.2. The number of nitrogens with zero attached hydrogens (tertiary/aromatic N) is 2. The molecule has 4 N–H and O–H groups in total. The number of amides is 2. The van der Waals surface area contributed by atoms with Gasteiger partial charge in [0.1, 0.15) is 5.56 Å². The fourth-order valence-corrected chi connectivity index (χ4v) is 2.78. The Morgan fingerprint density at radius 3 is 2.68 bits per heavy atom. The second kappa shape index (κ2) is 8.31. The number of benzene rings is 2. The van der Waals surface area contributed by atoms with Crippen LogP contribution in [0.5, 0.6) is 5.88 Å². The van der Waals surface area contributed by atoms with E-state index < -0.39 is 11.6 Å². The van der Waals surface area contributed by atoms with Crippen molar-refractivity contribution in [3.05, 3.63) is 80.8 Å². The molecular weight excluding hydrogens is 378 g/mol. The Hall–Kier alpha value is -3.72. The number of aromatic nitrogens is 2. The third-order valence-electron chi connectivity index (χ3n) is 3.77. The lowest BCUT2D eigenvalue weighted by Crippen LogP contribution is -2.25. The summed E-state index contributed by atoms with van der Waals surface area (Å²) >= 11 is 5.16. The molecule has 8 nitrogen and oxygen atoms in total. The van der Waals surface area contributed by atoms with Crippen LogP contribution in [0, 0.1) is 11.7 Å². The van der Waals surface area contributed by atoms with Crippen molar-refractivity contribution in [2.75, 3.05) is 5.32 Å². The van der Waals surface area contributed by atoms with Crippen LogP contribution in [0.3, 0.4) is 0 Å². The largest absolute Gasteiger partial charge is 0.494 e. The molecule has 0 unspecified atom stereocenters. The van der Waals surface area contributed by atoms with E-state index in [1.165, 1.54) is 4.57 Å². The monoisotopic (exact) mass is 395 g/mol. The molecule has 28 heavy (non-hydrogen) atoms. The van der Waals surface area contributed by atoms with Gasteiger partial charge in [-0.25, -0.2) is 10.2 Å². The average molecular weight is 395 g/mol. The zero-order chi connectivity index (χ0) is 20.1. The number of aromatic amines is 1. The van der Waals surface area contributed by atoms with Gasteiger partial charge in [0.2, 0.25) is 5.88 Å². The first-order valence-electron chi connectivity index (χ1n) is 8.26. The highest BCUT2D eigenvalue weighted by atomic mass is 32.1. The summed E-state index contributed by atoms with van der Waals surface area (Å²) in [5.74, 6) is -0.381. The van der Waals surface area contributed by atoms with Crippen LogP contribution in [0.4, 0.5) is 10.5 Å². The second-order valence-corrected chi connectivity index (χ2v) is 6.25. The van der Waals surface area contributed by atoms with Crippen molar-refractivity contribution in [2.24, 2.45) is 5.10 Å². The number of H-pyrrole nitrogens is 1. The SMILES string of the molecule is Cc1cccc(-n2c(O)c(C=NNC(=O)Nc3ccccc3)c(=O)[nH]c2=S)c1. The van der Waals surface area contributed by atoms with E-state index in [1.54, 1.807) is 42.5 Å². The highest BCUT2D eigenvalue weighted by Gasteiger charge is 2.12. The molecule has 0 fully saturated rings. The van der Waals surface area contributed by atoms with Crippen LogP contribution in [0.1, 0.15) is 11.1 Å². The maximum atomic E-state index is 12.2. The second-order valence-electron chi connectivity index (χ2n) is 5.86. The highest BCUT2D eigenvalue weighted by molar-refractivity contribution is 7.71. The summed E-state index contributed by atoms with van der Waals surface area (Å²) in [6.07, 6.45) is 1.06. The van der Waals surface area contributed by atoms with Crippen LogP contribution in [-0.2, 0) is 0 Å². The van der Waals surface area contributed by atoms with Gasteiger partial charge in [0.05, 0.1) is 11.9 Å². The van der Waals surface area contributed by atoms with Crippen LogP contribution in [0.25, 0.3) is 5.69 Å². The van der Waals surface area contributed by atoms with Gasteiger partial charge < -0.3 is 10.4 Å². The van der Waals surface area contributed by atoms with E-state index >= 15 is 0 Å². The molecule has 0 radical (unpaired) electrons. The van der Waals surface area contributed by atoms with Gasteiger partial charge in [-0.05, 0) is 49.0 Å². The molecule has 0 saturated heterocycles. The predicted octanol–water partition coefficient (Wildman–Crippen LogP) is 3.06. The number of hydrazone groups is 1. The zero-order valence-corrected chi connectivity index (χ0v) is 15.7. The van der Waals surface area contributed by atoms with E-state index in [1.807, 2.05) is 19.1 Å². The van der Waals surface area contributed by atoms with Gasteiger partial charge in [-0.15, -0.1) is 0 Å². The molecule has 0 bridgehead atoms. The van der Waals surface area contributed by atoms with Gasteiger partial charge in [-0.1, -0.05) is 30.3 Å². The first-order chi connectivity index (χ1) is 13.5. The topological polar surface area (TPSA) is 112 Å². The quantitative estimate of drug-likeness (QED) is 0.309. The molecule has 0 saturated carbocycles. The van der Waals surface area contributed by atoms with E-state index in [4.69, 9.17) is 12.2 Å². The lowest BCUT2D eigenvalue weighted by Gasteiger charge is -2.11. The van der Waals surface area contributed by atoms with E-state index in [0.717, 1.165) is 11.8 Å². The normalized spacial score (nSPS) is 10.8. The molecule has 0 aliphatic rings. The minimum absolute atomic E-state index is 0.0417. The number of urea groups is 1. The van der Waals surface area contributed by atoms with Crippen molar-refractivity contribution in [3.8, 4) is 11.6 Å². The summed E-state index contributed by atoms with van der Waals surface area (Å²) in [5.41, 5.74) is 3.60. The number of rotatable bonds is 4. The third kappa shape index (κ3) is 4.33. The number of nitrogens with one attached hydrogen (secondary N) is 3. The fraction of sp³-hybridized carbons (Fsp3) is 0.0526. The Morgan fingerprint density at radius 2 is 1.96 bits per heavy atom. The number of anilines is 1. The Kier molecular flexibility index (Phi) is 5.66. The number of carbonyl (C=O) groups is 1. The van der Waals surface area contributed by atoms with Crippen LogP contribution in [0.15, 0.2) is 64.5 Å². The van der Waals surface area contributed by atoms with Crippen molar-refractivity contribution in [2.45, 2.75) is 6.92 Å². The molecule has 142 valence electrons. The zero-order valence-electron chi connectivity index (χ0n) is 14.8. The number of para-hydroxylation sites is 1. The van der Waals surface area contributed by atoms with Crippen molar-refractivity contribution < 1.29 is 9.90 Å². The van der Waals surface area contributed by atoms with Crippen LogP contribution in [0.2, 0.25) is 0 Å². The number of hydrogen-bond acceptors (Lipinski definition) is 5. The number of carbonyl (C=O) groups excluding carboxylic acids is 1. The molecule has 1 heterocycles. The van der Waals surface area contributed by atoms with Crippen molar-refractivity contribution in [1.29, 1.82) is 0 Å². The van der Waals surface area contributed by atoms with Crippen molar-refractivity contribution >= 4 is 30.2 Å². The Balaban J connectivity index is 1.85. The van der Waals surface area contributed by atoms with Crippen LogP contribution >= 0.6 is 12.2 Å². The van der Waals surface area contributed by atoms with Gasteiger partial charge >= 0.3 is 6.03 Å². The summed E-state index contributed by atoms with van der Waals surface area (Å²) in [5, 5.41) is 16.9. The first kappa shape index (κ1) is 19.1. The highest BCUT2D eigenvalue weighted by Crippen LogP contribution is 2.19. The molecular formula is C19H17N5O3S. The minimum Gasteiger partial charge on any atom is -0.494 e. The van der Waals surface area contributed by atoms with Gasteiger partial charge in [0.15, 0.2) is 4.77 Å². The Morgan fingerprint density at radius 1 is 1.21 bits per heavy atom. The molecule has 0 aliphatic carbocycles. The van der Waals surface area contributed by atoms with Crippen molar-refractivity contribution in [3.63, 3.8) is 0 Å². The number of hydrogen-bond donors (Lipinski definition) is 4. The van der Waals surface area contributed by atoms with Crippen LogP contribution < -0.4 is 16.3 Å². The molecule has 0 spiro atoms.